The Kier molecular flexibility index (Phi) is 4.51. The fourth-order valence-corrected chi connectivity index (χ4v) is 2.58. The number of fused-ring (bicyclic) bond motifs is 2. The molecule has 0 saturated heterocycles. The molecule has 0 atom stereocenters. The second-order valence-corrected chi connectivity index (χ2v) is 5.54. The molecule has 6 nitrogen and oxygen atoms in total. The Labute approximate surface area is 142 Å². The molecule has 130 valence electrons. The maximum absolute atomic E-state index is 14.2. The van der Waals surface area contributed by atoms with Gasteiger partial charge >= 0.3 is 6.03 Å². The molecule has 1 aliphatic heterocycles. The van der Waals surface area contributed by atoms with Gasteiger partial charge in [-0.15, -0.1) is 0 Å². The Morgan fingerprint density at radius 2 is 1.96 bits per heavy atom. The van der Waals surface area contributed by atoms with Crippen molar-refractivity contribution in [2.24, 2.45) is 5.73 Å². The van der Waals surface area contributed by atoms with Gasteiger partial charge in [-0.2, -0.15) is 0 Å². The second kappa shape index (κ2) is 6.76. The molecule has 0 radical (unpaired) electrons. The van der Waals surface area contributed by atoms with Crippen molar-refractivity contribution in [3.63, 3.8) is 0 Å². The van der Waals surface area contributed by atoms with Crippen molar-refractivity contribution in [1.82, 2.24) is 10.2 Å². The molecular formula is C17H15F2N3O3. The molecule has 0 bridgehead atoms. The number of hydrogen-bond donors (Lipinski definition) is 2. The van der Waals surface area contributed by atoms with Crippen LogP contribution in [0.2, 0.25) is 0 Å². The molecule has 2 aromatic rings. The van der Waals surface area contributed by atoms with Gasteiger partial charge in [-0.05, 0) is 30.3 Å². The first-order valence-electron chi connectivity index (χ1n) is 7.49. The molecule has 1 aliphatic rings. The predicted octanol–water partition coefficient (Wildman–Crippen LogP) is 2.27. The molecule has 0 unspecified atom stereocenters. The van der Waals surface area contributed by atoms with E-state index in [9.17, 15) is 18.4 Å². The highest BCUT2D eigenvalue weighted by Crippen LogP contribution is 2.34. The van der Waals surface area contributed by atoms with Crippen LogP contribution in [-0.4, -0.2) is 23.4 Å². The number of nitrogens with zero attached hydrogens (tertiary/aromatic N) is 1. The highest BCUT2D eigenvalue weighted by molar-refractivity contribution is 5.83. The molecule has 0 aliphatic carbocycles. The van der Waals surface area contributed by atoms with E-state index in [1.807, 2.05) is 0 Å². The smallest absolute Gasteiger partial charge is 0.312 e. The number of rotatable bonds is 2. The predicted molar refractivity (Wildman–Crippen MR) is 84.7 cm³/mol. The fraction of sp³-hybridized carbons (Fsp3) is 0.176. The van der Waals surface area contributed by atoms with E-state index in [0.717, 1.165) is 0 Å². The third kappa shape index (κ3) is 3.68. The number of nitrogens with one attached hydrogen (secondary N) is 1. The van der Waals surface area contributed by atoms with Gasteiger partial charge in [0.25, 0.3) is 0 Å². The summed E-state index contributed by atoms with van der Waals surface area (Å²) in [6, 6.07) is 7.37. The molecule has 2 aromatic carbocycles. The van der Waals surface area contributed by atoms with E-state index in [1.165, 1.54) is 35.2 Å². The third-order valence-corrected chi connectivity index (χ3v) is 3.80. The van der Waals surface area contributed by atoms with E-state index < -0.39 is 23.6 Å². The molecule has 3 N–H and O–H groups in total. The van der Waals surface area contributed by atoms with Gasteiger partial charge in [0.2, 0.25) is 5.91 Å². The first-order chi connectivity index (χ1) is 11.9. The summed E-state index contributed by atoms with van der Waals surface area (Å²) >= 11 is 0. The Morgan fingerprint density at radius 3 is 2.72 bits per heavy atom. The lowest BCUT2D eigenvalue weighted by Gasteiger charge is -2.28. The maximum atomic E-state index is 14.2. The standard InChI is InChI=1S/C17H15F2N3O3/c18-11-4-5-14-10(6-11)8-22(16(23)7-21-17(20)24)9-12-13(19)2-1-3-15(12)25-14/h1-6H,7-9H2,(H3,20,21,24). The average Bonchev–Trinajstić information content (AvgIpc) is 2.54. The van der Waals surface area contributed by atoms with Crippen LogP contribution in [0.3, 0.4) is 0 Å². The number of benzene rings is 2. The van der Waals surface area contributed by atoms with E-state index in [2.05, 4.69) is 5.32 Å². The zero-order valence-corrected chi connectivity index (χ0v) is 13.1. The normalized spacial score (nSPS) is 13.0. The molecule has 8 heteroatoms. The lowest BCUT2D eigenvalue weighted by Crippen LogP contribution is -2.41. The molecule has 3 amide bonds. The number of halogens is 2. The summed E-state index contributed by atoms with van der Waals surface area (Å²) in [5.41, 5.74) is 5.60. The Bertz CT molecular complexity index is 842. The number of nitrogens with two attached hydrogens (primary N) is 1. The Morgan fingerprint density at radius 1 is 1.16 bits per heavy atom. The Hall–Kier alpha value is -3.16. The van der Waals surface area contributed by atoms with Crippen LogP contribution >= 0.6 is 0 Å². The van der Waals surface area contributed by atoms with Gasteiger partial charge < -0.3 is 20.7 Å². The first kappa shape index (κ1) is 16.7. The maximum Gasteiger partial charge on any atom is 0.312 e. The van der Waals surface area contributed by atoms with Crippen molar-refractivity contribution in [1.29, 1.82) is 0 Å². The molecule has 3 rings (SSSR count). The van der Waals surface area contributed by atoms with Crippen molar-refractivity contribution < 1.29 is 23.1 Å². The summed E-state index contributed by atoms with van der Waals surface area (Å²) in [4.78, 5) is 24.5. The molecule has 0 spiro atoms. The number of amides is 3. The van der Waals surface area contributed by atoms with Crippen LogP contribution in [-0.2, 0) is 17.9 Å². The molecular weight excluding hydrogens is 332 g/mol. The lowest BCUT2D eigenvalue weighted by molar-refractivity contribution is -0.131. The van der Waals surface area contributed by atoms with Crippen LogP contribution in [0.5, 0.6) is 11.5 Å². The first-order valence-corrected chi connectivity index (χ1v) is 7.49. The summed E-state index contributed by atoms with van der Waals surface area (Å²) in [6.45, 7) is -0.429. The van der Waals surface area contributed by atoms with Crippen LogP contribution in [0, 0.1) is 11.6 Å². The van der Waals surface area contributed by atoms with Gasteiger partial charge in [0.1, 0.15) is 23.1 Å². The van der Waals surface area contributed by atoms with Gasteiger partial charge in [-0.1, -0.05) is 6.07 Å². The van der Waals surface area contributed by atoms with E-state index in [0.29, 0.717) is 11.3 Å². The van der Waals surface area contributed by atoms with Crippen LogP contribution in [0.15, 0.2) is 36.4 Å². The monoisotopic (exact) mass is 347 g/mol. The van der Waals surface area contributed by atoms with Crippen LogP contribution in [0.1, 0.15) is 11.1 Å². The van der Waals surface area contributed by atoms with Crippen LogP contribution < -0.4 is 15.8 Å². The SMILES string of the molecule is NC(=O)NCC(=O)N1Cc2cc(F)ccc2Oc2cccc(F)c2C1. The minimum Gasteiger partial charge on any atom is -0.457 e. The lowest BCUT2D eigenvalue weighted by atomic mass is 10.1. The molecule has 1 heterocycles. The van der Waals surface area contributed by atoms with Crippen LogP contribution in [0.4, 0.5) is 13.6 Å². The van der Waals surface area contributed by atoms with E-state index in [-0.39, 0.29) is 30.9 Å². The van der Waals surface area contributed by atoms with Gasteiger partial charge in [-0.25, -0.2) is 13.6 Å². The van der Waals surface area contributed by atoms with Gasteiger partial charge in [0.05, 0.1) is 13.1 Å². The summed E-state index contributed by atoms with van der Waals surface area (Å²) in [5, 5.41) is 2.20. The average molecular weight is 347 g/mol. The topological polar surface area (TPSA) is 84.7 Å². The fourth-order valence-electron chi connectivity index (χ4n) is 2.58. The molecule has 0 fully saturated rings. The molecule has 25 heavy (non-hydrogen) atoms. The largest absolute Gasteiger partial charge is 0.457 e. The third-order valence-electron chi connectivity index (χ3n) is 3.80. The number of carbonyl (C=O) groups is 2. The summed E-state index contributed by atoms with van der Waals surface area (Å²) in [6.07, 6.45) is 0. The zero-order chi connectivity index (χ0) is 18.0. The van der Waals surface area contributed by atoms with Gasteiger partial charge in [-0.3, -0.25) is 4.79 Å². The van der Waals surface area contributed by atoms with Gasteiger partial charge in [0, 0.05) is 17.7 Å². The number of urea groups is 1. The van der Waals surface area contributed by atoms with E-state index >= 15 is 0 Å². The van der Waals surface area contributed by atoms with Crippen LogP contribution in [0.25, 0.3) is 0 Å². The van der Waals surface area contributed by atoms with E-state index in [1.54, 1.807) is 6.07 Å². The van der Waals surface area contributed by atoms with Crippen molar-refractivity contribution >= 4 is 11.9 Å². The quantitative estimate of drug-likeness (QED) is 0.874. The second-order valence-electron chi connectivity index (χ2n) is 5.54. The zero-order valence-electron chi connectivity index (χ0n) is 13.1. The number of primary amides is 1. The number of hydrogen-bond acceptors (Lipinski definition) is 3. The molecule has 0 aromatic heterocycles. The van der Waals surface area contributed by atoms with E-state index in [4.69, 9.17) is 10.5 Å². The van der Waals surface area contributed by atoms with Crippen molar-refractivity contribution in [3.05, 3.63) is 59.2 Å². The Balaban J connectivity index is 2.00. The summed E-state index contributed by atoms with van der Waals surface area (Å²) < 4.78 is 33.5. The highest BCUT2D eigenvalue weighted by atomic mass is 19.1. The number of ether oxygens (including phenoxy) is 1. The summed E-state index contributed by atoms with van der Waals surface area (Å²) in [7, 11) is 0. The summed E-state index contributed by atoms with van der Waals surface area (Å²) in [5.74, 6) is -0.916. The van der Waals surface area contributed by atoms with Crippen molar-refractivity contribution in [3.8, 4) is 11.5 Å². The minimum absolute atomic E-state index is 0.000142. The van der Waals surface area contributed by atoms with Crippen molar-refractivity contribution in [2.75, 3.05) is 6.54 Å². The van der Waals surface area contributed by atoms with Crippen molar-refractivity contribution in [2.45, 2.75) is 13.1 Å². The molecule has 0 saturated carbocycles. The number of carbonyl (C=O) groups excluding carboxylic acids is 2. The minimum atomic E-state index is -0.846. The van der Waals surface area contributed by atoms with Gasteiger partial charge in [0.15, 0.2) is 0 Å². The highest BCUT2D eigenvalue weighted by Gasteiger charge is 2.24.